The Balaban J connectivity index is 2.43. The Kier molecular flexibility index (Phi) is 3.05. The number of aromatic nitrogens is 1. The number of ketones is 1. The van der Waals surface area contributed by atoms with Gasteiger partial charge in [0.1, 0.15) is 5.75 Å². The summed E-state index contributed by atoms with van der Waals surface area (Å²) in [6.45, 7) is 5.55. The van der Waals surface area contributed by atoms with E-state index in [2.05, 4.69) is 10.6 Å². The predicted molar refractivity (Wildman–Crippen MR) is 84.4 cm³/mol. The van der Waals surface area contributed by atoms with Crippen molar-refractivity contribution in [2.24, 2.45) is 0 Å². The summed E-state index contributed by atoms with van der Waals surface area (Å²) in [5.41, 5.74) is 4.68. The number of phenols is 1. The second kappa shape index (κ2) is 4.77. The summed E-state index contributed by atoms with van der Waals surface area (Å²) in [7, 11) is 0. The van der Waals surface area contributed by atoms with Crippen LogP contribution in [-0.4, -0.2) is 15.5 Å². The van der Waals surface area contributed by atoms with Crippen molar-refractivity contribution in [3.05, 3.63) is 59.3 Å². The van der Waals surface area contributed by atoms with Crippen LogP contribution in [0.1, 0.15) is 28.5 Å². The van der Waals surface area contributed by atoms with Gasteiger partial charge in [0, 0.05) is 22.3 Å². The third kappa shape index (κ3) is 2.11. The van der Waals surface area contributed by atoms with E-state index in [1.54, 1.807) is 19.1 Å². The highest BCUT2D eigenvalue weighted by Gasteiger charge is 2.18. The van der Waals surface area contributed by atoms with Crippen molar-refractivity contribution in [3.8, 4) is 11.4 Å². The van der Waals surface area contributed by atoms with Gasteiger partial charge in [-0.05, 0) is 56.7 Å². The summed E-state index contributed by atoms with van der Waals surface area (Å²) in [5.74, 6) is 0.181. The quantitative estimate of drug-likeness (QED) is 0.716. The number of hydrogen-bond acceptors (Lipinski definition) is 2. The maximum Gasteiger partial charge on any atom is 0.162 e. The minimum absolute atomic E-state index is 0.00880. The SMILES string of the molecule is CC(=O)c1c(C)n(-c2cccc(C)c2)c2ccc(O)cc12. The topological polar surface area (TPSA) is 42.2 Å². The Hall–Kier alpha value is -2.55. The number of fused-ring (bicyclic) bond motifs is 1. The van der Waals surface area contributed by atoms with Gasteiger partial charge in [0.25, 0.3) is 0 Å². The molecule has 3 nitrogen and oxygen atoms in total. The second-order valence-corrected chi connectivity index (χ2v) is 5.39. The summed E-state index contributed by atoms with van der Waals surface area (Å²) in [4.78, 5) is 12.0. The first-order valence-corrected chi connectivity index (χ1v) is 6.91. The highest BCUT2D eigenvalue weighted by molar-refractivity contribution is 6.09. The van der Waals surface area contributed by atoms with Gasteiger partial charge in [0.05, 0.1) is 5.52 Å². The lowest BCUT2D eigenvalue weighted by atomic mass is 10.1. The van der Waals surface area contributed by atoms with Crippen LogP contribution in [0, 0.1) is 13.8 Å². The molecule has 106 valence electrons. The number of rotatable bonds is 2. The molecule has 3 rings (SSSR count). The van der Waals surface area contributed by atoms with E-state index in [0.29, 0.717) is 5.56 Å². The van der Waals surface area contributed by atoms with Gasteiger partial charge >= 0.3 is 0 Å². The minimum atomic E-state index is 0.00880. The van der Waals surface area contributed by atoms with Crippen molar-refractivity contribution in [1.82, 2.24) is 4.57 Å². The molecule has 3 heteroatoms. The molecule has 0 aliphatic heterocycles. The van der Waals surface area contributed by atoms with E-state index >= 15 is 0 Å². The number of aromatic hydroxyl groups is 1. The number of hydrogen-bond donors (Lipinski definition) is 1. The average Bonchev–Trinajstić information content (AvgIpc) is 2.70. The first-order chi connectivity index (χ1) is 9.99. The van der Waals surface area contributed by atoms with Gasteiger partial charge in [-0.2, -0.15) is 0 Å². The fraction of sp³-hybridized carbons (Fsp3) is 0.167. The van der Waals surface area contributed by atoms with E-state index in [4.69, 9.17) is 0 Å². The molecule has 2 aromatic carbocycles. The molecule has 0 aliphatic carbocycles. The maximum atomic E-state index is 12.0. The van der Waals surface area contributed by atoms with Crippen LogP contribution in [0.5, 0.6) is 5.75 Å². The predicted octanol–water partition coefficient (Wildman–Crippen LogP) is 4.16. The molecule has 21 heavy (non-hydrogen) atoms. The van der Waals surface area contributed by atoms with Gasteiger partial charge in [0.2, 0.25) is 0 Å². The number of benzene rings is 2. The van der Waals surface area contributed by atoms with Crippen molar-refractivity contribution in [1.29, 1.82) is 0 Å². The maximum absolute atomic E-state index is 12.0. The van der Waals surface area contributed by atoms with Crippen LogP contribution in [0.25, 0.3) is 16.6 Å². The number of aryl methyl sites for hydroxylation is 1. The Labute approximate surface area is 123 Å². The van der Waals surface area contributed by atoms with Gasteiger partial charge in [-0.3, -0.25) is 4.79 Å². The molecule has 1 N–H and O–H groups in total. The fourth-order valence-corrected chi connectivity index (χ4v) is 2.95. The Morgan fingerprint density at radius 3 is 2.52 bits per heavy atom. The largest absolute Gasteiger partial charge is 0.508 e. The van der Waals surface area contributed by atoms with Crippen molar-refractivity contribution in [2.45, 2.75) is 20.8 Å². The van der Waals surface area contributed by atoms with Gasteiger partial charge in [-0.1, -0.05) is 12.1 Å². The molecule has 0 saturated heterocycles. The molecule has 0 saturated carbocycles. The highest BCUT2D eigenvalue weighted by atomic mass is 16.3. The lowest BCUT2D eigenvalue weighted by molar-refractivity contribution is 0.101. The van der Waals surface area contributed by atoms with Gasteiger partial charge < -0.3 is 9.67 Å². The Bertz CT molecular complexity index is 859. The highest BCUT2D eigenvalue weighted by Crippen LogP contribution is 2.32. The minimum Gasteiger partial charge on any atom is -0.508 e. The lowest BCUT2D eigenvalue weighted by Crippen LogP contribution is -2.00. The molecule has 0 aliphatic rings. The zero-order valence-corrected chi connectivity index (χ0v) is 12.3. The van der Waals surface area contributed by atoms with Gasteiger partial charge in [0.15, 0.2) is 5.78 Å². The molecule has 0 atom stereocenters. The molecule has 3 aromatic rings. The van der Waals surface area contributed by atoms with Crippen molar-refractivity contribution in [3.63, 3.8) is 0 Å². The third-order valence-electron chi connectivity index (χ3n) is 3.80. The summed E-state index contributed by atoms with van der Waals surface area (Å²) >= 11 is 0. The van der Waals surface area contributed by atoms with Crippen molar-refractivity contribution >= 4 is 16.7 Å². The Morgan fingerprint density at radius 1 is 1.10 bits per heavy atom. The van der Waals surface area contributed by atoms with Crippen molar-refractivity contribution in [2.75, 3.05) is 0 Å². The van der Waals surface area contributed by atoms with Gasteiger partial charge in [-0.15, -0.1) is 0 Å². The van der Waals surface area contributed by atoms with E-state index in [9.17, 15) is 9.90 Å². The van der Waals surface area contributed by atoms with Crippen LogP contribution in [0.2, 0.25) is 0 Å². The molecule has 1 heterocycles. The van der Waals surface area contributed by atoms with Gasteiger partial charge in [-0.25, -0.2) is 0 Å². The fourth-order valence-electron chi connectivity index (χ4n) is 2.95. The molecule has 0 radical (unpaired) electrons. The number of carbonyl (C=O) groups is 1. The summed E-state index contributed by atoms with van der Waals surface area (Å²) < 4.78 is 2.07. The molecule has 0 bridgehead atoms. The smallest absolute Gasteiger partial charge is 0.162 e. The molecule has 0 unspecified atom stereocenters. The number of nitrogens with zero attached hydrogens (tertiary/aromatic N) is 1. The van der Waals surface area contributed by atoms with Crippen molar-refractivity contribution < 1.29 is 9.90 Å². The first-order valence-electron chi connectivity index (χ1n) is 6.91. The summed E-state index contributed by atoms with van der Waals surface area (Å²) in [6.07, 6.45) is 0. The van der Waals surface area contributed by atoms with E-state index in [0.717, 1.165) is 27.8 Å². The Morgan fingerprint density at radius 2 is 1.86 bits per heavy atom. The average molecular weight is 279 g/mol. The molecular formula is C18H17NO2. The van der Waals surface area contributed by atoms with Crippen LogP contribution < -0.4 is 0 Å². The van der Waals surface area contributed by atoms with E-state index < -0.39 is 0 Å². The van der Waals surface area contributed by atoms with Crippen LogP contribution in [0.15, 0.2) is 42.5 Å². The number of Topliss-reactive ketones (excluding diaryl/α,β-unsaturated/α-hetero) is 1. The lowest BCUT2D eigenvalue weighted by Gasteiger charge is -2.09. The van der Waals surface area contributed by atoms with E-state index in [1.165, 1.54) is 0 Å². The zero-order valence-electron chi connectivity index (χ0n) is 12.3. The molecule has 0 amide bonds. The molecule has 0 spiro atoms. The normalized spacial score (nSPS) is 11.0. The zero-order chi connectivity index (χ0) is 15.1. The number of phenolic OH excluding ortho intramolecular Hbond substituents is 1. The van der Waals surface area contributed by atoms with Crippen LogP contribution in [-0.2, 0) is 0 Å². The number of carbonyl (C=O) groups excluding carboxylic acids is 1. The van der Waals surface area contributed by atoms with E-state index in [-0.39, 0.29) is 11.5 Å². The van der Waals surface area contributed by atoms with Crippen LogP contribution >= 0.6 is 0 Å². The third-order valence-corrected chi connectivity index (χ3v) is 3.80. The summed E-state index contributed by atoms with van der Waals surface area (Å²) in [6, 6.07) is 13.3. The second-order valence-electron chi connectivity index (χ2n) is 5.39. The van der Waals surface area contributed by atoms with Crippen LogP contribution in [0.3, 0.4) is 0 Å². The first kappa shape index (κ1) is 13.4. The van der Waals surface area contributed by atoms with Crippen LogP contribution in [0.4, 0.5) is 0 Å². The molecule has 0 fully saturated rings. The monoisotopic (exact) mass is 279 g/mol. The molecule has 1 aromatic heterocycles. The molecular weight excluding hydrogens is 262 g/mol. The standard InChI is InChI=1S/C18H17NO2/c1-11-5-4-6-14(9-11)19-12(2)18(13(3)20)16-10-15(21)7-8-17(16)19/h4-10,21H,1-3H3. The summed E-state index contributed by atoms with van der Waals surface area (Å²) in [5, 5.41) is 10.5. The van der Waals surface area contributed by atoms with E-state index in [1.807, 2.05) is 38.1 Å².